The van der Waals surface area contributed by atoms with Crippen molar-refractivity contribution < 1.29 is 0 Å². The van der Waals surface area contributed by atoms with Gasteiger partial charge in [-0.2, -0.15) is 0 Å². The summed E-state index contributed by atoms with van der Waals surface area (Å²) in [7, 11) is 0. The summed E-state index contributed by atoms with van der Waals surface area (Å²) in [6.45, 7) is 7.54. The van der Waals surface area contributed by atoms with E-state index in [0.29, 0.717) is 0 Å². The van der Waals surface area contributed by atoms with E-state index < -0.39 is 0 Å². The van der Waals surface area contributed by atoms with Gasteiger partial charge in [0.25, 0.3) is 0 Å². The second kappa shape index (κ2) is 6.55. The van der Waals surface area contributed by atoms with Crippen LogP contribution in [0.25, 0.3) is 11.0 Å². The Hall–Kier alpha value is -1.35. The topological polar surface area (TPSA) is 29.9 Å². The highest BCUT2D eigenvalue weighted by atomic mass is 15.1. The average Bonchev–Trinajstić information content (AvgIpc) is 2.73. The number of aryl methyl sites for hydroxylation is 2. The van der Waals surface area contributed by atoms with Crippen molar-refractivity contribution in [1.29, 1.82) is 0 Å². The molecule has 3 nitrogen and oxygen atoms in total. The molecular formula is C15H23N3. The molecule has 0 atom stereocenters. The first-order valence-electron chi connectivity index (χ1n) is 7.01. The number of aromatic nitrogens is 2. The molecule has 98 valence electrons. The lowest BCUT2D eigenvalue weighted by molar-refractivity contribution is 0.581. The van der Waals surface area contributed by atoms with E-state index in [-0.39, 0.29) is 0 Å². The van der Waals surface area contributed by atoms with Gasteiger partial charge < -0.3 is 9.88 Å². The molecule has 0 radical (unpaired) electrons. The van der Waals surface area contributed by atoms with Crippen molar-refractivity contribution in [3.05, 3.63) is 30.1 Å². The molecule has 0 saturated carbocycles. The molecule has 18 heavy (non-hydrogen) atoms. The molecule has 0 amide bonds. The first-order valence-corrected chi connectivity index (χ1v) is 7.01. The molecule has 1 aromatic heterocycles. The van der Waals surface area contributed by atoms with E-state index in [0.717, 1.165) is 44.4 Å². The number of fused-ring (bicyclic) bond motifs is 1. The van der Waals surface area contributed by atoms with Crippen LogP contribution in [0.5, 0.6) is 0 Å². The highest BCUT2D eigenvalue weighted by molar-refractivity contribution is 5.75. The van der Waals surface area contributed by atoms with Crippen molar-refractivity contribution in [3.8, 4) is 0 Å². The van der Waals surface area contributed by atoms with Gasteiger partial charge >= 0.3 is 0 Å². The van der Waals surface area contributed by atoms with Gasteiger partial charge in [0.15, 0.2) is 0 Å². The number of hydrogen-bond acceptors (Lipinski definition) is 2. The predicted octanol–water partition coefficient (Wildman–Crippen LogP) is 2.99. The lowest BCUT2D eigenvalue weighted by Crippen LogP contribution is -2.16. The number of imidazole rings is 1. The van der Waals surface area contributed by atoms with Gasteiger partial charge in [-0.25, -0.2) is 4.98 Å². The maximum Gasteiger partial charge on any atom is 0.109 e. The molecule has 0 aliphatic heterocycles. The van der Waals surface area contributed by atoms with Crippen LogP contribution in [0.15, 0.2) is 24.3 Å². The number of nitrogens with zero attached hydrogens (tertiary/aromatic N) is 2. The molecule has 2 aromatic rings. The number of para-hydroxylation sites is 2. The Morgan fingerprint density at radius 3 is 2.83 bits per heavy atom. The zero-order valence-corrected chi connectivity index (χ0v) is 11.4. The third kappa shape index (κ3) is 2.91. The van der Waals surface area contributed by atoms with E-state index in [1.54, 1.807) is 0 Å². The highest BCUT2D eigenvalue weighted by Gasteiger charge is 2.08. The molecule has 2 rings (SSSR count). The highest BCUT2D eigenvalue weighted by Crippen LogP contribution is 2.17. The normalized spacial score (nSPS) is 11.2. The van der Waals surface area contributed by atoms with Crippen molar-refractivity contribution in [1.82, 2.24) is 14.9 Å². The SMILES string of the molecule is CCCc1nc2ccccc2n1CCCNCC. The average molecular weight is 245 g/mol. The smallest absolute Gasteiger partial charge is 0.109 e. The molecule has 0 unspecified atom stereocenters. The number of nitrogens with one attached hydrogen (secondary N) is 1. The summed E-state index contributed by atoms with van der Waals surface area (Å²) in [4.78, 5) is 4.74. The first-order chi connectivity index (χ1) is 8.86. The fourth-order valence-electron chi connectivity index (χ4n) is 2.33. The van der Waals surface area contributed by atoms with Crippen LogP contribution in [0, 0.1) is 0 Å². The third-order valence-electron chi connectivity index (χ3n) is 3.19. The molecule has 0 bridgehead atoms. The molecule has 1 aromatic carbocycles. The van der Waals surface area contributed by atoms with Crippen LogP contribution in [0.1, 0.15) is 32.5 Å². The van der Waals surface area contributed by atoms with E-state index in [2.05, 4.69) is 48.0 Å². The van der Waals surface area contributed by atoms with Crippen LogP contribution in [-0.4, -0.2) is 22.6 Å². The van der Waals surface area contributed by atoms with Crippen molar-refractivity contribution in [3.63, 3.8) is 0 Å². The minimum Gasteiger partial charge on any atom is -0.328 e. The lowest BCUT2D eigenvalue weighted by Gasteiger charge is -2.08. The summed E-state index contributed by atoms with van der Waals surface area (Å²) in [5, 5.41) is 3.38. The van der Waals surface area contributed by atoms with Crippen LogP contribution < -0.4 is 5.32 Å². The molecule has 3 heteroatoms. The molecule has 1 heterocycles. The van der Waals surface area contributed by atoms with Gasteiger partial charge in [0, 0.05) is 13.0 Å². The van der Waals surface area contributed by atoms with Gasteiger partial charge in [0.2, 0.25) is 0 Å². The molecule has 0 saturated heterocycles. The molecule has 0 aliphatic rings. The summed E-state index contributed by atoms with van der Waals surface area (Å²) < 4.78 is 2.39. The summed E-state index contributed by atoms with van der Waals surface area (Å²) in [5.74, 6) is 1.23. The largest absolute Gasteiger partial charge is 0.328 e. The van der Waals surface area contributed by atoms with Gasteiger partial charge in [0.1, 0.15) is 5.82 Å². The molecule has 0 fully saturated rings. The second-order valence-electron chi connectivity index (χ2n) is 4.63. The Balaban J connectivity index is 2.19. The Bertz CT molecular complexity index is 487. The maximum absolute atomic E-state index is 4.74. The van der Waals surface area contributed by atoms with E-state index in [1.807, 2.05) is 0 Å². The Labute approximate surface area is 109 Å². The molecule has 0 spiro atoms. The van der Waals surface area contributed by atoms with Crippen molar-refractivity contribution in [2.75, 3.05) is 13.1 Å². The second-order valence-corrected chi connectivity index (χ2v) is 4.63. The zero-order valence-electron chi connectivity index (χ0n) is 11.4. The fraction of sp³-hybridized carbons (Fsp3) is 0.533. The van der Waals surface area contributed by atoms with Crippen LogP contribution in [-0.2, 0) is 13.0 Å². The summed E-state index contributed by atoms with van der Waals surface area (Å²) in [6, 6.07) is 8.44. The first kappa shape index (κ1) is 13.1. The van der Waals surface area contributed by atoms with Gasteiger partial charge in [-0.1, -0.05) is 26.0 Å². The fourth-order valence-corrected chi connectivity index (χ4v) is 2.33. The van der Waals surface area contributed by atoms with Crippen LogP contribution in [0.4, 0.5) is 0 Å². The standard InChI is InChI=1S/C15H23N3/c1-3-8-15-17-13-9-5-6-10-14(13)18(15)12-7-11-16-4-2/h5-6,9-10,16H,3-4,7-8,11-12H2,1-2H3. The molecule has 1 N–H and O–H groups in total. The van der Waals surface area contributed by atoms with Gasteiger partial charge in [-0.05, 0) is 38.1 Å². The number of rotatable bonds is 7. The van der Waals surface area contributed by atoms with E-state index in [9.17, 15) is 0 Å². The minimum atomic E-state index is 1.05. The third-order valence-corrected chi connectivity index (χ3v) is 3.19. The van der Waals surface area contributed by atoms with Crippen LogP contribution in [0.3, 0.4) is 0 Å². The van der Waals surface area contributed by atoms with Gasteiger partial charge in [0.05, 0.1) is 11.0 Å². The summed E-state index contributed by atoms with van der Waals surface area (Å²) >= 11 is 0. The maximum atomic E-state index is 4.74. The zero-order chi connectivity index (χ0) is 12.8. The molecule has 0 aliphatic carbocycles. The van der Waals surface area contributed by atoms with Crippen molar-refractivity contribution in [2.24, 2.45) is 0 Å². The molecular weight excluding hydrogens is 222 g/mol. The van der Waals surface area contributed by atoms with Crippen LogP contribution >= 0.6 is 0 Å². The van der Waals surface area contributed by atoms with Gasteiger partial charge in [-0.3, -0.25) is 0 Å². The summed E-state index contributed by atoms with van der Waals surface area (Å²) in [5.41, 5.74) is 2.40. The predicted molar refractivity (Wildman–Crippen MR) is 76.9 cm³/mol. The van der Waals surface area contributed by atoms with Gasteiger partial charge in [-0.15, -0.1) is 0 Å². The summed E-state index contributed by atoms with van der Waals surface area (Å²) in [6.07, 6.45) is 3.37. The van der Waals surface area contributed by atoms with E-state index in [1.165, 1.54) is 11.3 Å². The minimum absolute atomic E-state index is 1.05. The lowest BCUT2D eigenvalue weighted by atomic mass is 10.3. The van der Waals surface area contributed by atoms with E-state index >= 15 is 0 Å². The van der Waals surface area contributed by atoms with Crippen molar-refractivity contribution >= 4 is 11.0 Å². The monoisotopic (exact) mass is 245 g/mol. The van der Waals surface area contributed by atoms with Crippen molar-refractivity contribution in [2.45, 2.75) is 39.7 Å². The Morgan fingerprint density at radius 1 is 1.22 bits per heavy atom. The Kier molecular flexibility index (Phi) is 4.76. The number of benzene rings is 1. The number of hydrogen-bond donors (Lipinski definition) is 1. The van der Waals surface area contributed by atoms with Crippen LogP contribution in [0.2, 0.25) is 0 Å². The Morgan fingerprint density at radius 2 is 2.06 bits per heavy atom. The van der Waals surface area contributed by atoms with E-state index in [4.69, 9.17) is 4.98 Å². The quantitative estimate of drug-likeness (QED) is 0.760.